The molecule has 0 aliphatic carbocycles. The monoisotopic (exact) mass is 416 g/mol. The molecule has 138 valence electrons. The average Bonchev–Trinajstić information content (AvgIpc) is 3.05. The van der Waals surface area contributed by atoms with Crippen LogP contribution >= 0.6 is 34.5 Å². The Morgan fingerprint density at radius 2 is 2.04 bits per heavy atom. The zero-order valence-electron chi connectivity index (χ0n) is 15.0. The van der Waals surface area contributed by atoms with Gasteiger partial charge in [-0.1, -0.05) is 41.4 Å². The van der Waals surface area contributed by atoms with Crippen molar-refractivity contribution in [2.75, 3.05) is 6.54 Å². The number of rotatable bonds is 5. The van der Waals surface area contributed by atoms with Crippen LogP contribution < -0.4 is 4.80 Å². The predicted octanol–water partition coefficient (Wildman–Crippen LogP) is 5.67. The van der Waals surface area contributed by atoms with Crippen molar-refractivity contribution in [1.82, 2.24) is 9.66 Å². The largest absolute Gasteiger partial charge is 0.255 e. The zero-order chi connectivity index (χ0) is 19.4. The first-order chi connectivity index (χ1) is 13.0. The van der Waals surface area contributed by atoms with E-state index in [0.29, 0.717) is 16.6 Å². The lowest BCUT2D eigenvalue weighted by molar-refractivity contribution is 0.829. The second-order valence-corrected chi connectivity index (χ2v) is 7.69. The molecular weight excluding hydrogens is 399 g/mol. The fourth-order valence-electron chi connectivity index (χ4n) is 2.36. The van der Waals surface area contributed by atoms with E-state index in [1.807, 2.05) is 43.5 Å². The Hall–Kier alpha value is -2.21. The second-order valence-electron chi connectivity index (χ2n) is 6.01. The van der Waals surface area contributed by atoms with E-state index in [2.05, 4.69) is 16.6 Å². The summed E-state index contributed by atoms with van der Waals surface area (Å²) in [5.74, 6) is 0. The van der Waals surface area contributed by atoms with E-state index in [1.54, 1.807) is 23.0 Å². The van der Waals surface area contributed by atoms with Crippen molar-refractivity contribution >= 4 is 40.3 Å². The molecule has 0 bridgehead atoms. The molecule has 2 heterocycles. The predicted molar refractivity (Wildman–Crippen MR) is 115 cm³/mol. The number of thiazole rings is 1. The number of hydrogen-bond donors (Lipinski definition) is 0. The molecule has 2 aromatic heterocycles. The fraction of sp³-hybridized carbons (Fsp3) is 0.150. The summed E-state index contributed by atoms with van der Waals surface area (Å²) >= 11 is 14.1. The second kappa shape index (κ2) is 8.65. The maximum Gasteiger partial charge on any atom is 0.206 e. The summed E-state index contributed by atoms with van der Waals surface area (Å²) in [5.41, 5.74) is 4.16. The maximum atomic E-state index is 6.42. The quantitative estimate of drug-likeness (QED) is 0.390. The van der Waals surface area contributed by atoms with Crippen molar-refractivity contribution in [3.8, 4) is 11.3 Å². The molecule has 0 aliphatic heterocycles. The summed E-state index contributed by atoms with van der Waals surface area (Å²) < 4.78 is 1.79. The minimum atomic E-state index is 0.529. The lowest BCUT2D eigenvalue weighted by Gasteiger charge is -2.08. The van der Waals surface area contributed by atoms with Crippen LogP contribution in [-0.4, -0.2) is 21.9 Å². The molecule has 0 atom stereocenters. The fourth-order valence-corrected chi connectivity index (χ4v) is 3.57. The molecule has 0 N–H and O–H groups in total. The lowest BCUT2D eigenvalue weighted by Crippen LogP contribution is -2.15. The molecule has 0 fully saturated rings. The van der Waals surface area contributed by atoms with Gasteiger partial charge in [0.25, 0.3) is 0 Å². The Bertz CT molecular complexity index is 1070. The Morgan fingerprint density at radius 1 is 1.22 bits per heavy atom. The first kappa shape index (κ1) is 19.5. The number of aromatic nitrogens is 2. The summed E-state index contributed by atoms with van der Waals surface area (Å²) in [5, 5.41) is 7.96. The van der Waals surface area contributed by atoms with Crippen molar-refractivity contribution in [3.63, 3.8) is 0 Å². The lowest BCUT2D eigenvalue weighted by atomic mass is 10.2. The highest BCUT2D eigenvalue weighted by molar-refractivity contribution is 7.07. The van der Waals surface area contributed by atoms with Crippen LogP contribution in [0.15, 0.2) is 70.2 Å². The third-order valence-corrected chi connectivity index (χ3v) is 5.08. The molecular formula is C20H18Cl2N4S. The minimum absolute atomic E-state index is 0.529. The van der Waals surface area contributed by atoms with Crippen LogP contribution in [0.1, 0.15) is 19.5 Å². The van der Waals surface area contributed by atoms with Gasteiger partial charge in [-0.2, -0.15) is 5.10 Å². The summed E-state index contributed by atoms with van der Waals surface area (Å²) in [4.78, 5) is 9.74. The summed E-state index contributed by atoms with van der Waals surface area (Å²) in [6.07, 6.45) is 1.74. The van der Waals surface area contributed by atoms with Gasteiger partial charge < -0.3 is 0 Å². The molecule has 3 rings (SSSR count). The van der Waals surface area contributed by atoms with Crippen LogP contribution in [0.3, 0.4) is 0 Å². The molecule has 0 saturated heterocycles. The topological polar surface area (TPSA) is 42.5 Å². The Kier molecular flexibility index (Phi) is 6.26. The number of halogens is 2. The van der Waals surface area contributed by atoms with E-state index >= 15 is 0 Å². The van der Waals surface area contributed by atoms with Gasteiger partial charge in [-0.3, -0.25) is 9.98 Å². The molecule has 4 nitrogen and oxygen atoms in total. The standard InChI is InChI=1S/C20H18Cl2N4S/c1-13(2)11-24-20-26(25-14(3)18-6-4-5-9-23-18)19(12-27-20)16-10-15(21)7-8-17(16)22/h4-10,12H,1,11H2,2-3H3. The van der Waals surface area contributed by atoms with E-state index in [1.165, 1.54) is 11.3 Å². The number of nitrogens with zero attached hydrogens (tertiary/aromatic N) is 4. The summed E-state index contributed by atoms with van der Waals surface area (Å²) in [6, 6.07) is 11.1. The first-order valence-electron chi connectivity index (χ1n) is 8.23. The molecule has 0 aliphatic rings. The molecule has 27 heavy (non-hydrogen) atoms. The molecule has 0 spiro atoms. The average molecular weight is 417 g/mol. The molecule has 1 aromatic carbocycles. The van der Waals surface area contributed by atoms with Crippen LogP contribution in [0.2, 0.25) is 10.0 Å². The van der Waals surface area contributed by atoms with Gasteiger partial charge in [-0.15, -0.1) is 11.3 Å². The van der Waals surface area contributed by atoms with E-state index in [4.69, 9.17) is 28.3 Å². The van der Waals surface area contributed by atoms with Crippen LogP contribution in [-0.2, 0) is 0 Å². The van der Waals surface area contributed by atoms with Gasteiger partial charge in [-0.05, 0) is 44.2 Å². The number of pyridine rings is 1. The van der Waals surface area contributed by atoms with Gasteiger partial charge in [0, 0.05) is 22.2 Å². The molecule has 3 aromatic rings. The Balaban J connectivity index is 2.20. The minimum Gasteiger partial charge on any atom is -0.255 e. The summed E-state index contributed by atoms with van der Waals surface area (Å²) in [7, 11) is 0. The van der Waals surface area contributed by atoms with Gasteiger partial charge in [0.05, 0.1) is 28.7 Å². The van der Waals surface area contributed by atoms with E-state index in [-0.39, 0.29) is 0 Å². The molecule has 7 heteroatoms. The molecule has 0 saturated carbocycles. The van der Waals surface area contributed by atoms with Gasteiger partial charge in [0.2, 0.25) is 4.80 Å². The van der Waals surface area contributed by atoms with Crippen molar-refractivity contribution < 1.29 is 0 Å². The highest BCUT2D eigenvalue weighted by Gasteiger charge is 2.13. The van der Waals surface area contributed by atoms with Gasteiger partial charge >= 0.3 is 0 Å². The van der Waals surface area contributed by atoms with Crippen LogP contribution in [0.25, 0.3) is 11.3 Å². The van der Waals surface area contributed by atoms with Crippen molar-refractivity contribution in [1.29, 1.82) is 0 Å². The van der Waals surface area contributed by atoms with Crippen LogP contribution in [0.5, 0.6) is 0 Å². The molecule has 0 unspecified atom stereocenters. The van der Waals surface area contributed by atoms with Crippen LogP contribution in [0, 0.1) is 0 Å². The van der Waals surface area contributed by atoms with E-state index in [0.717, 1.165) is 33.0 Å². The third kappa shape index (κ3) is 4.75. The highest BCUT2D eigenvalue weighted by atomic mass is 35.5. The van der Waals surface area contributed by atoms with Gasteiger partial charge in [0.1, 0.15) is 0 Å². The number of benzene rings is 1. The molecule has 0 radical (unpaired) electrons. The van der Waals surface area contributed by atoms with E-state index in [9.17, 15) is 0 Å². The van der Waals surface area contributed by atoms with E-state index < -0.39 is 0 Å². The van der Waals surface area contributed by atoms with Crippen molar-refractivity contribution in [3.05, 3.63) is 80.7 Å². The third-order valence-electron chi connectivity index (χ3n) is 3.66. The highest BCUT2D eigenvalue weighted by Crippen LogP contribution is 2.31. The van der Waals surface area contributed by atoms with Crippen molar-refractivity contribution in [2.24, 2.45) is 10.1 Å². The smallest absolute Gasteiger partial charge is 0.206 e. The number of hydrogen-bond acceptors (Lipinski definition) is 4. The Labute approximate surface area is 172 Å². The summed E-state index contributed by atoms with van der Waals surface area (Å²) in [6.45, 7) is 8.30. The van der Waals surface area contributed by atoms with Crippen molar-refractivity contribution in [2.45, 2.75) is 13.8 Å². The Morgan fingerprint density at radius 3 is 2.74 bits per heavy atom. The first-order valence-corrected chi connectivity index (χ1v) is 9.87. The normalized spacial score (nSPS) is 12.4. The van der Waals surface area contributed by atoms with Crippen LogP contribution in [0.4, 0.5) is 0 Å². The van der Waals surface area contributed by atoms with Gasteiger partial charge in [0.15, 0.2) is 0 Å². The maximum absolute atomic E-state index is 6.42. The SMILES string of the molecule is C=C(C)CN=c1scc(-c2cc(Cl)ccc2Cl)n1N=C(C)c1ccccn1. The molecule has 0 amide bonds. The zero-order valence-corrected chi connectivity index (χ0v) is 17.3. The van der Waals surface area contributed by atoms with Gasteiger partial charge in [-0.25, -0.2) is 4.68 Å².